The van der Waals surface area contributed by atoms with Gasteiger partial charge in [-0.2, -0.15) is 10.4 Å². The third-order valence-corrected chi connectivity index (χ3v) is 4.93. The molecule has 156 valence electrons. The van der Waals surface area contributed by atoms with E-state index >= 15 is 0 Å². The highest BCUT2D eigenvalue weighted by Crippen LogP contribution is 2.26. The third kappa shape index (κ3) is 5.01. The number of halogens is 5. The van der Waals surface area contributed by atoms with Gasteiger partial charge in [0.2, 0.25) is 0 Å². The second-order valence-electron chi connectivity index (χ2n) is 6.44. The van der Waals surface area contributed by atoms with Crippen LogP contribution in [0.1, 0.15) is 17.3 Å². The largest absolute Gasteiger partial charge is 0.573 e. The van der Waals surface area contributed by atoms with Crippen molar-refractivity contribution in [2.75, 3.05) is 0 Å². The number of carbonyl (C=O) groups is 1. The van der Waals surface area contributed by atoms with Crippen molar-refractivity contribution in [2.24, 2.45) is 0 Å². The van der Waals surface area contributed by atoms with Crippen LogP contribution < -0.4 is 10.1 Å². The lowest BCUT2D eigenvalue weighted by atomic mass is 10.0. The number of nitriles is 1. The van der Waals surface area contributed by atoms with E-state index in [0.29, 0.717) is 20.7 Å². The fourth-order valence-corrected chi connectivity index (χ4v) is 3.26. The first kappa shape index (κ1) is 21.9. The summed E-state index contributed by atoms with van der Waals surface area (Å²) < 4.78 is 42.5. The van der Waals surface area contributed by atoms with Crippen molar-refractivity contribution in [1.82, 2.24) is 20.1 Å². The average molecular weight is 503 g/mol. The van der Waals surface area contributed by atoms with E-state index in [1.54, 1.807) is 6.07 Å². The lowest BCUT2D eigenvalue weighted by Crippen LogP contribution is -2.48. The zero-order valence-electron chi connectivity index (χ0n) is 15.2. The van der Waals surface area contributed by atoms with Crippen LogP contribution in [0, 0.1) is 11.3 Å². The number of nitrogens with zero attached hydrogens (tertiary/aromatic N) is 4. The standard InChI is InChI=1S/C18H12BrClF3N5O2/c1-17(8-24,9-28-15(19)14-13(27-28)6-11(20)7-25-14)26-16(29)10-2-4-12(5-3-10)30-18(21,22)23/h2-7H,9H2,1H3,(H,26,29). The van der Waals surface area contributed by atoms with Crippen molar-refractivity contribution in [3.8, 4) is 11.8 Å². The molecule has 0 spiro atoms. The Balaban J connectivity index is 1.78. The van der Waals surface area contributed by atoms with Gasteiger partial charge in [-0.25, -0.2) is 0 Å². The number of aromatic nitrogens is 3. The Kier molecular flexibility index (Phi) is 5.92. The van der Waals surface area contributed by atoms with E-state index < -0.39 is 23.6 Å². The van der Waals surface area contributed by atoms with Crippen LogP contribution in [0.4, 0.5) is 13.2 Å². The monoisotopic (exact) mass is 501 g/mol. The van der Waals surface area contributed by atoms with E-state index in [9.17, 15) is 23.2 Å². The molecule has 0 saturated heterocycles. The number of carbonyl (C=O) groups excluding carboxylic acids is 1. The van der Waals surface area contributed by atoms with E-state index in [1.165, 1.54) is 17.8 Å². The Hall–Kier alpha value is -2.84. The van der Waals surface area contributed by atoms with E-state index in [2.05, 4.69) is 36.1 Å². The summed E-state index contributed by atoms with van der Waals surface area (Å²) in [5.41, 5.74) is -0.288. The molecular formula is C18H12BrClF3N5O2. The van der Waals surface area contributed by atoms with E-state index in [0.717, 1.165) is 24.3 Å². The summed E-state index contributed by atoms with van der Waals surface area (Å²) in [6, 6.07) is 7.98. The fourth-order valence-electron chi connectivity index (χ4n) is 2.60. The smallest absolute Gasteiger partial charge is 0.406 e. The molecule has 7 nitrogen and oxygen atoms in total. The number of rotatable bonds is 5. The van der Waals surface area contributed by atoms with Gasteiger partial charge in [-0.15, -0.1) is 13.2 Å². The second-order valence-corrected chi connectivity index (χ2v) is 7.63. The van der Waals surface area contributed by atoms with Crippen LogP contribution in [0.25, 0.3) is 11.0 Å². The molecule has 0 aliphatic carbocycles. The van der Waals surface area contributed by atoms with Gasteiger partial charge in [0.1, 0.15) is 26.9 Å². The highest BCUT2D eigenvalue weighted by molar-refractivity contribution is 9.10. The first-order chi connectivity index (χ1) is 14.0. The summed E-state index contributed by atoms with van der Waals surface area (Å²) in [4.78, 5) is 16.7. The minimum Gasteiger partial charge on any atom is -0.406 e. The maximum absolute atomic E-state index is 12.5. The van der Waals surface area contributed by atoms with Crippen molar-refractivity contribution in [3.05, 3.63) is 51.7 Å². The van der Waals surface area contributed by atoms with Gasteiger partial charge in [0.25, 0.3) is 5.91 Å². The van der Waals surface area contributed by atoms with Crippen LogP contribution in [-0.2, 0) is 6.54 Å². The van der Waals surface area contributed by atoms with Crippen molar-refractivity contribution in [3.63, 3.8) is 0 Å². The fraction of sp³-hybridized carbons (Fsp3) is 0.222. The first-order valence-electron chi connectivity index (χ1n) is 8.27. The van der Waals surface area contributed by atoms with Crippen molar-refractivity contribution in [2.45, 2.75) is 25.4 Å². The number of benzene rings is 1. The topological polar surface area (TPSA) is 92.8 Å². The number of amides is 1. The molecule has 3 aromatic rings. The molecule has 0 saturated carbocycles. The Morgan fingerprint density at radius 3 is 2.63 bits per heavy atom. The number of ether oxygens (including phenoxy) is 1. The van der Waals surface area contributed by atoms with E-state index in [1.807, 2.05) is 6.07 Å². The predicted octanol–water partition coefficient (Wildman–Crippen LogP) is 4.46. The number of hydrogen-bond donors (Lipinski definition) is 1. The van der Waals surface area contributed by atoms with E-state index in [-0.39, 0.29) is 12.1 Å². The molecule has 0 bridgehead atoms. The summed E-state index contributed by atoms with van der Waals surface area (Å²) in [5.74, 6) is -1.10. The summed E-state index contributed by atoms with van der Waals surface area (Å²) in [5, 5.41) is 16.9. The van der Waals surface area contributed by atoms with Crippen LogP contribution in [0.2, 0.25) is 5.02 Å². The SMILES string of the molecule is CC(C#N)(Cn1nc2cc(Cl)cnc2c1Br)NC(=O)c1ccc(OC(F)(F)F)cc1. The quantitative estimate of drug-likeness (QED) is 0.556. The Bertz CT molecular complexity index is 1140. The number of alkyl halides is 3. The molecule has 0 fully saturated rings. The summed E-state index contributed by atoms with van der Waals surface area (Å²) in [6.07, 6.45) is -3.37. The highest BCUT2D eigenvalue weighted by atomic mass is 79.9. The average Bonchev–Trinajstić information content (AvgIpc) is 2.95. The summed E-state index contributed by atoms with van der Waals surface area (Å²) in [7, 11) is 0. The van der Waals surface area contributed by atoms with Crippen LogP contribution in [0.5, 0.6) is 5.75 Å². The molecule has 0 aliphatic heterocycles. The normalized spacial score (nSPS) is 13.5. The molecule has 3 rings (SSSR count). The molecule has 1 N–H and O–H groups in total. The molecule has 2 aromatic heterocycles. The molecule has 2 heterocycles. The summed E-state index contributed by atoms with van der Waals surface area (Å²) >= 11 is 9.28. The van der Waals surface area contributed by atoms with Crippen LogP contribution in [0.15, 0.2) is 41.1 Å². The molecule has 1 amide bonds. The molecule has 1 unspecified atom stereocenters. The molecule has 30 heavy (non-hydrogen) atoms. The number of nitrogens with one attached hydrogen (secondary N) is 1. The van der Waals surface area contributed by atoms with Crippen LogP contribution in [0.3, 0.4) is 0 Å². The van der Waals surface area contributed by atoms with Crippen LogP contribution in [-0.4, -0.2) is 32.6 Å². The minimum atomic E-state index is -4.83. The van der Waals surface area contributed by atoms with Gasteiger partial charge in [-0.1, -0.05) is 11.6 Å². The molecule has 1 aromatic carbocycles. The maximum atomic E-state index is 12.5. The van der Waals surface area contributed by atoms with Gasteiger partial charge >= 0.3 is 6.36 Å². The van der Waals surface area contributed by atoms with Crippen LogP contribution >= 0.6 is 27.5 Å². The lowest BCUT2D eigenvalue weighted by Gasteiger charge is -2.23. The lowest BCUT2D eigenvalue weighted by molar-refractivity contribution is -0.274. The summed E-state index contributed by atoms with van der Waals surface area (Å²) in [6.45, 7) is 1.46. The predicted molar refractivity (Wildman–Crippen MR) is 105 cm³/mol. The molecule has 1 atom stereocenters. The Morgan fingerprint density at radius 1 is 1.37 bits per heavy atom. The second kappa shape index (κ2) is 8.12. The molecule has 0 radical (unpaired) electrons. The van der Waals surface area contributed by atoms with Gasteiger partial charge in [0.15, 0.2) is 0 Å². The molecular weight excluding hydrogens is 491 g/mol. The number of hydrogen-bond acceptors (Lipinski definition) is 5. The minimum absolute atomic E-state index is 0.0287. The van der Waals surface area contributed by atoms with Crippen molar-refractivity contribution in [1.29, 1.82) is 5.26 Å². The van der Waals surface area contributed by atoms with E-state index in [4.69, 9.17) is 11.6 Å². The zero-order chi connectivity index (χ0) is 22.1. The third-order valence-electron chi connectivity index (χ3n) is 3.94. The Morgan fingerprint density at radius 2 is 2.03 bits per heavy atom. The zero-order valence-corrected chi connectivity index (χ0v) is 17.5. The van der Waals surface area contributed by atoms with Gasteiger partial charge in [-0.3, -0.25) is 14.5 Å². The van der Waals surface area contributed by atoms with Gasteiger partial charge in [0.05, 0.1) is 17.6 Å². The van der Waals surface area contributed by atoms with Gasteiger partial charge < -0.3 is 10.1 Å². The van der Waals surface area contributed by atoms with Crippen molar-refractivity contribution >= 4 is 44.5 Å². The molecule has 12 heteroatoms. The first-order valence-corrected chi connectivity index (χ1v) is 9.44. The Labute approximate surface area is 181 Å². The van der Waals surface area contributed by atoms with Gasteiger partial charge in [-0.05, 0) is 53.2 Å². The number of pyridine rings is 1. The maximum Gasteiger partial charge on any atom is 0.573 e. The van der Waals surface area contributed by atoms with Crippen molar-refractivity contribution < 1.29 is 22.7 Å². The molecule has 0 aliphatic rings. The number of fused-ring (bicyclic) bond motifs is 1. The van der Waals surface area contributed by atoms with Gasteiger partial charge in [0, 0.05) is 11.8 Å². The highest BCUT2D eigenvalue weighted by Gasteiger charge is 2.32.